The first-order valence-corrected chi connectivity index (χ1v) is 4.11. The second kappa shape index (κ2) is 7.63. The van der Waals surface area contributed by atoms with Crippen molar-refractivity contribution in [3.05, 3.63) is 6.92 Å². The summed E-state index contributed by atoms with van der Waals surface area (Å²) in [5.41, 5.74) is 0. The van der Waals surface area contributed by atoms with Crippen LogP contribution in [-0.2, 0) is 4.74 Å². The Morgan fingerprint density at radius 2 is 2.18 bits per heavy atom. The Bertz CT molecular complexity index is 130. The highest BCUT2D eigenvalue weighted by molar-refractivity contribution is 5.03. The first-order chi connectivity index (χ1) is 5.31. The van der Waals surface area contributed by atoms with Crippen LogP contribution < -0.4 is 0 Å². The Kier molecular flexibility index (Phi) is 7.29. The highest BCUT2D eigenvalue weighted by atomic mass is 16.5. The van der Waals surface area contributed by atoms with Crippen molar-refractivity contribution >= 4 is 0 Å². The van der Waals surface area contributed by atoms with E-state index in [-0.39, 0.29) is 6.10 Å². The van der Waals surface area contributed by atoms with E-state index < -0.39 is 0 Å². The summed E-state index contributed by atoms with van der Waals surface area (Å²) < 4.78 is 4.97. The van der Waals surface area contributed by atoms with Gasteiger partial charge in [0, 0.05) is 13.5 Å². The van der Waals surface area contributed by atoms with E-state index in [0.29, 0.717) is 0 Å². The zero-order chi connectivity index (χ0) is 8.53. The van der Waals surface area contributed by atoms with Gasteiger partial charge < -0.3 is 4.74 Å². The zero-order valence-electron chi connectivity index (χ0n) is 7.52. The predicted octanol–water partition coefficient (Wildman–Crippen LogP) is 2.42. The quantitative estimate of drug-likeness (QED) is 0.445. The minimum atomic E-state index is 0.0785. The second-order valence-electron chi connectivity index (χ2n) is 2.51. The van der Waals surface area contributed by atoms with Crippen LogP contribution in [-0.4, -0.2) is 13.2 Å². The van der Waals surface area contributed by atoms with Gasteiger partial charge in [0.05, 0.1) is 0 Å². The maximum absolute atomic E-state index is 4.97. The molecule has 0 rings (SSSR count). The molecular weight excluding hydrogens is 136 g/mol. The SMILES string of the molecule is [CH2]CCCCC#CC(C)OC. The molecule has 0 aromatic heterocycles. The van der Waals surface area contributed by atoms with Crippen molar-refractivity contribution in [3.63, 3.8) is 0 Å². The molecule has 63 valence electrons. The van der Waals surface area contributed by atoms with Crippen LogP contribution in [0.1, 0.15) is 32.6 Å². The molecule has 1 heteroatoms. The molecule has 0 N–H and O–H groups in total. The minimum Gasteiger partial charge on any atom is -0.369 e. The topological polar surface area (TPSA) is 9.23 Å². The molecule has 0 fully saturated rings. The molecule has 0 aromatic carbocycles. The molecule has 0 saturated heterocycles. The third-order valence-corrected chi connectivity index (χ3v) is 1.46. The van der Waals surface area contributed by atoms with Crippen molar-refractivity contribution in [2.24, 2.45) is 0 Å². The molecule has 0 aliphatic carbocycles. The van der Waals surface area contributed by atoms with E-state index in [1.165, 1.54) is 6.42 Å². The number of hydrogen-bond acceptors (Lipinski definition) is 1. The first kappa shape index (κ1) is 10.5. The molecule has 0 amide bonds. The lowest BCUT2D eigenvalue weighted by atomic mass is 10.2. The molecule has 0 aliphatic rings. The molecule has 11 heavy (non-hydrogen) atoms. The van der Waals surface area contributed by atoms with E-state index in [9.17, 15) is 0 Å². The minimum absolute atomic E-state index is 0.0785. The Morgan fingerprint density at radius 1 is 1.45 bits per heavy atom. The highest BCUT2D eigenvalue weighted by Gasteiger charge is 1.88. The molecule has 1 radical (unpaired) electrons. The standard InChI is InChI=1S/C10H17O/c1-4-5-6-7-8-9-10(2)11-3/h10H,1,4-7H2,2-3H3. The number of ether oxygens (including phenoxy) is 1. The van der Waals surface area contributed by atoms with Crippen molar-refractivity contribution in [1.82, 2.24) is 0 Å². The van der Waals surface area contributed by atoms with Crippen LogP contribution in [0.4, 0.5) is 0 Å². The van der Waals surface area contributed by atoms with Gasteiger partial charge in [0.25, 0.3) is 0 Å². The molecule has 1 atom stereocenters. The average Bonchev–Trinajstić information content (AvgIpc) is 2.04. The highest BCUT2D eigenvalue weighted by Crippen LogP contribution is 1.96. The monoisotopic (exact) mass is 153 g/mol. The Balaban J connectivity index is 3.25. The van der Waals surface area contributed by atoms with Crippen molar-refractivity contribution in [2.75, 3.05) is 7.11 Å². The summed E-state index contributed by atoms with van der Waals surface area (Å²) in [4.78, 5) is 0. The van der Waals surface area contributed by atoms with E-state index in [0.717, 1.165) is 19.3 Å². The Hall–Kier alpha value is -0.480. The number of hydrogen-bond donors (Lipinski definition) is 0. The predicted molar refractivity (Wildman–Crippen MR) is 48.1 cm³/mol. The van der Waals surface area contributed by atoms with Gasteiger partial charge in [-0.15, -0.1) is 5.92 Å². The normalized spacial score (nSPS) is 11.9. The smallest absolute Gasteiger partial charge is 0.115 e. The van der Waals surface area contributed by atoms with Crippen LogP contribution in [0.3, 0.4) is 0 Å². The van der Waals surface area contributed by atoms with Crippen molar-refractivity contribution < 1.29 is 4.74 Å². The molecule has 0 aromatic rings. The molecule has 1 unspecified atom stereocenters. The fourth-order valence-electron chi connectivity index (χ4n) is 0.665. The van der Waals surface area contributed by atoms with Crippen LogP contribution in [0.5, 0.6) is 0 Å². The van der Waals surface area contributed by atoms with E-state index in [4.69, 9.17) is 4.74 Å². The summed E-state index contributed by atoms with van der Waals surface area (Å²) in [6.45, 7) is 5.71. The summed E-state index contributed by atoms with van der Waals surface area (Å²) >= 11 is 0. The second-order valence-corrected chi connectivity index (χ2v) is 2.51. The average molecular weight is 153 g/mol. The summed E-state index contributed by atoms with van der Waals surface area (Å²) in [5, 5.41) is 0. The maximum Gasteiger partial charge on any atom is 0.115 e. The van der Waals surface area contributed by atoms with Crippen LogP contribution in [0.25, 0.3) is 0 Å². The summed E-state index contributed by atoms with van der Waals surface area (Å²) in [7, 11) is 1.68. The van der Waals surface area contributed by atoms with Crippen LogP contribution in [0.2, 0.25) is 0 Å². The summed E-state index contributed by atoms with van der Waals surface area (Å²) in [5.74, 6) is 6.07. The van der Waals surface area contributed by atoms with Crippen LogP contribution in [0.15, 0.2) is 0 Å². The van der Waals surface area contributed by atoms with Gasteiger partial charge in [-0.1, -0.05) is 25.7 Å². The van der Waals surface area contributed by atoms with Gasteiger partial charge >= 0.3 is 0 Å². The van der Waals surface area contributed by atoms with Gasteiger partial charge in [0.2, 0.25) is 0 Å². The van der Waals surface area contributed by atoms with E-state index in [1.807, 2.05) is 6.92 Å². The molecule has 0 saturated carbocycles. The van der Waals surface area contributed by atoms with Gasteiger partial charge in [-0.2, -0.15) is 0 Å². The first-order valence-electron chi connectivity index (χ1n) is 4.11. The van der Waals surface area contributed by atoms with Crippen LogP contribution in [0, 0.1) is 18.8 Å². The third kappa shape index (κ3) is 7.42. The molecule has 0 bridgehead atoms. The molecule has 0 spiro atoms. The van der Waals surface area contributed by atoms with E-state index >= 15 is 0 Å². The lowest BCUT2D eigenvalue weighted by Gasteiger charge is -1.96. The lowest BCUT2D eigenvalue weighted by molar-refractivity contribution is 0.163. The van der Waals surface area contributed by atoms with E-state index in [2.05, 4.69) is 18.8 Å². The van der Waals surface area contributed by atoms with Gasteiger partial charge in [-0.3, -0.25) is 0 Å². The molecule has 0 heterocycles. The van der Waals surface area contributed by atoms with Gasteiger partial charge in [-0.25, -0.2) is 0 Å². The number of rotatable bonds is 4. The number of methoxy groups -OCH3 is 1. The van der Waals surface area contributed by atoms with Gasteiger partial charge in [0.15, 0.2) is 0 Å². The summed E-state index contributed by atoms with van der Waals surface area (Å²) in [6, 6.07) is 0. The van der Waals surface area contributed by atoms with Crippen molar-refractivity contribution in [3.8, 4) is 11.8 Å². The van der Waals surface area contributed by atoms with Crippen molar-refractivity contribution in [1.29, 1.82) is 0 Å². The van der Waals surface area contributed by atoms with Gasteiger partial charge in [-0.05, 0) is 13.3 Å². The maximum atomic E-state index is 4.97. The molecular formula is C10H17O. The lowest BCUT2D eigenvalue weighted by Crippen LogP contribution is -1.99. The molecule has 1 nitrogen and oxygen atoms in total. The fraction of sp³-hybridized carbons (Fsp3) is 0.700. The largest absolute Gasteiger partial charge is 0.369 e. The fourth-order valence-corrected chi connectivity index (χ4v) is 0.665. The third-order valence-electron chi connectivity index (χ3n) is 1.46. The Labute approximate surface area is 70.1 Å². The Morgan fingerprint density at radius 3 is 2.73 bits per heavy atom. The van der Waals surface area contributed by atoms with Gasteiger partial charge in [0.1, 0.15) is 6.10 Å². The van der Waals surface area contributed by atoms with Crippen molar-refractivity contribution in [2.45, 2.75) is 38.7 Å². The van der Waals surface area contributed by atoms with E-state index in [1.54, 1.807) is 7.11 Å². The number of unbranched alkanes of at least 4 members (excludes halogenated alkanes) is 3. The molecule has 0 aliphatic heterocycles. The summed E-state index contributed by atoms with van der Waals surface area (Å²) in [6.07, 6.45) is 4.41. The van der Waals surface area contributed by atoms with Crippen LogP contribution >= 0.6 is 0 Å². The zero-order valence-corrected chi connectivity index (χ0v) is 7.52.